The summed E-state index contributed by atoms with van der Waals surface area (Å²) in [6.45, 7) is 6.56. The van der Waals surface area contributed by atoms with Crippen LogP contribution in [0.1, 0.15) is 27.2 Å². The van der Waals surface area contributed by atoms with Gasteiger partial charge < -0.3 is 14.4 Å². The molecule has 0 saturated heterocycles. The van der Waals surface area contributed by atoms with E-state index in [1.165, 1.54) is 24.3 Å². The Hall–Kier alpha value is -2.70. The fourth-order valence-corrected chi connectivity index (χ4v) is 2.24. The van der Waals surface area contributed by atoms with Crippen molar-refractivity contribution in [1.29, 1.82) is 0 Å². The molecule has 9 heteroatoms. The quantitative estimate of drug-likeness (QED) is 0.202. The average molecular weight is 422 g/mol. The fourth-order valence-electron chi connectivity index (χ4n) is 1.70. The zero-order valence-electron chi connectivity index (χ0n) is 16.8. The number of carbonyl (C=O) groups excluding carboxylic acids is 1. The van der Waals surface area contributed by atoms with Crippen LogP contribution in [0.25, 0.3) is 0 Å². The van der Waals surface area contributed by atoms with Gasteiger partial charge in [0.05, 0.1) is 18.1 Å². The number of hydrogen-bond acceptors (Lipinski definition) is 7. The molecule has 0 aliphatic heterocycles. The van der Waals surface area contributed by atoms with Gasteiger partial charge in [-0.05, 0) is 36.1 Å². The Labute approximate surface area is 172 Å². The van der Waals surface area contributed by atoms with Gasteiger partial charge in [0.1, 0.15) is 20.5 Å². The Morgan fingerprint density at radius 2 is 1.79 bits per heavy atom. The van der Waals surface area contributed by atoms with Crippen LogP contribution in [0.15, 0.2) is 54.6 Å². The fraction of sp³-hybridized carbons (Fsp3) is 0.350. The van der Waals surface area contributed by atoms with Gasteiger partial charge in [0.15, 0.2) is 0 Å². The Morgan fingerprint density at radius 3 is 2.28 bits per heavy atom. The summed E-state index contributed by atoms with van der Waals surface area (Å²) in [5.41, 5.74) is -0.0153. The van der Waals surface area contributed by atoms with E-state index in [4.69, 9.17) is 14.4 Å². The summed E-state index contributed by atoms with van der Waals surface area (Å²) in [5.74, 6) is 0.487. The molecule has 0 saturated carbocycles. The first-order valence-electron chi connectivity index (χ1n) is 9.02. The van der Waals surface area contributed by atoms with Crippen molar-refractivity contribution in [3.05, 3.63) is 64.7 Å². The summed E-state index contributed by atoms with van der Waals surface area (Å²) in [4.78, 5) is 21.6. The third-order valence-electron chi connectivity index (χ3n) is 3.86. The van der Waals surface area contributed by atoms with Crippen LogP contribution in [0.2, 0.25) is 0 Å². The monoisotopic (exact) mass is 422 g/mol. The number of benzene rings is 2. The normalized spacial score (nSPS) is 10.9. The maximum Gasteiger partial charge on any atom is 0.320 e. The first-order chi connectivity index (χ1) is 13.7. The molecular formula is C20H27N2O6P. The summed E-state index contributed by atoms with van der Waals surface area (Å²) < 4.78 is 10.5. The minimum Gasteiger partial charge on any atom is -0.508 e. The maximum absolute atomic E-state index is 11.5. The Balaban J connectivity index is 0.000000502. The molecule has 2 aromatic carbocycles. The third-order valence-corrected chi connectivity index (χ3v) is 4.52. The predicted octanol–water partition coefficient (Wildman–Crippen LogP) is 4.44. The molecule has 29 heavy (non-hydrogen) atoms. The highest BCUT2D eigenvalue weighted by atomic mass is 31.1. The highest BCUT2D eigenvalue weighted by Crippen LogP contribution is 2.22. The third kappa shape index (κ3) is 11.0. The second-order valence-electron chi connectivity index (χ2n) is 6.82. The number of carbonyl (C=O) groups is 1. The lowest BCUT2D eigenvalue weighted by atomic mass is 9.92. The number of nitro benzene ring substituents is 1. The lowest BCUT2D eigenvalue weighted by Crippen LogP contribution is -2.25. The number of hydrogen-bond donors (Lipinski definition) is 2. The lowest BCUT2D eigenvalue weighted by molar-refractivity contribution is -0.384. The van der Waals surface area contributed by atoms with Crippen molar-refractivity contribution >= 4 is 20.6 Å². The molecule has 2 N–H and O–H groups in total. The van der Waals surface area contributed by atoms with Crippen LogP contribution in [0.3, 0.4) is 0 Å². The number of aromatic hydroxyl groups is 1. The van der Waals surface area contributed by atoms with Gasteiger partial charge in [0.25, 0.3) is 5.69 Å². The minimum atomic E-state index is -0.474. The minimum absolute atomic E-state index is 0.00533. The maximum atomic E-state index is 11.5. The number of rotatable bonds is 9. The summed E-state index contributed by atoms with van der Waals surface area (Å²) in [7, 11) is -0.136. The van der Waals surface area contributed by atoms with E-state index in [0.717, 1.165) is 6.42 Å². The zero-order chi connectivity index (χ0) is 21.7. The molecule has 1 unspecified atom stereocenters. The average Bonchev–Trinajstić information content (AvgIpc) is 2.71. The van der Waals surface area contributed by atoms with Gasteiger partial charge in [0, 0.05) is 12.1 Å². The van der Waals surface area contributed by atoms with Crippen molar-refractivity contribution < 1.29 is 24.1 Å². The molecule has 0 aliphatic rings. The van der Waals surface area contributed by atoms with Gasteiger partial charge >= 0.3 is 5.97 Å². The van der Waals surface area contributed by atoms with Crippen LogP contribution >= 0.6 is 8.96 Å². The lowest BCUT2D eigenvalue weighted by Gasteiger charge is -2.21. The van der Waals surface area contributed by atoms with Crippen LogP contribution in [-0.4, -0.2) is 29.2 Å². The van der Waals surface area contributed by atoms with E-state index in [9.17, 15) is 14.9 Å². The summed E-state index contributed by atoms with van der Waals surface area (Å²) >= 11 is 0. The summed E-state index contributed by atoms with van der Waals surface area (Å²) in [6.07, 6.45) is 0.929. The van der Waals surface area contributed by atoms with E-state index in [-0.39, 0.29) is 32.6 Å². The molecule has 0 aromatic heterocycles. The van der Waals surface area contributed by atoms with Crippen LogP contribution in [0, 0.1) is 15.5 Å². The Kier molecular flexibility index (Phi) is 10.7. The smallest absolute Gasteiger partial charge is 0.320 e. The molecule has 0 heterocycles. The van der Waals surface area contributed by atoms with Gasteiger partial charge in [-0.25, -0.2) is 0 Å². The number of esters is 1. The highest BCUT2D eigenvalue weighted by molar-refractivity contribution is 7.30. The standard InChI is InChI=1S/C14H21N2O5P.C6H6O/c1-4-14(2,3)10-20-13(17)9-15-22-21-12-7-5-11(6-8-12)16(18)19;7-6-4-2-1-3-5-6/h5-8,15,22H,4,9-10H2,1-3H3;1-5,7H. The molecule has 0 amide bonds. The van der Waals surface area contributed by atoms with Crippen LogP contribution in [-0.2, 0) is 9.53 Å². The Bertz CT molecular complexity index is 753. The van der Waals surface area contributed by atoms with Gasteiger partial charge in [-0.15, -0.1) is 0 Å². The summed E-state index contributed by atoms with van der Waals surface area (Å²) in [5, 5.41) is 22.0. The Morgan fingerprint density at radius 1 is 1.17 bits per heavy atom. The van der Waals surface area contributed by atoms with E-state index < -0.39 is 4.92 Å². The molecule has 1 atom stereocenters. The van der Waals surface area contributed by atoms with Crippen molar-refractivity contribution in [3.8, 4) is 11.5 Å². The second kappa shape index (κ2) is 12.7. The van der Waals surface area contributed by atoms with Crippen molar-refractivity contribution in [1.82, 2.24) is 5.09 Å². The van der Waals surface area contributed by atoms with Crippen molar-refractivity contribution in [2.24, 2.45) is 5.41 Å². The predicted molar refractivity (Wildman–Crippen MR) is 113 cm³/mol. The number of nitrogens with zero attached hydrogens (tertiary/aromatic N) is 1. The number of phenolic OH excluding ortho intramolecular Hbond substituents is 1. The molecule has 0 aliphatic carbocycles. The number of nitro groups is 1. The second-order valence-corrected chi connectivity index (χ2v) is 7.58. The molecule has 2 aromatic rings. The number of non-ortho nitro benzene ring substituents is 1. The SMILES string of the molecule is CCC(C)(C)COC(=O)CNPOc1ccc([N+](=O)[O-])cc1.Oc1ccccc1. The van der Waals surface area contributed by atoms with Crippen molar-refractivity contribution in [3.63, 3.8) is 0 Å². The largest absolute Gasteiger partial charge is 0.508 e. The van der Waals surface area contributed by atoms with Crippen LogP contribution in [0.5, 0.6) is 11.5 Å². The molecule has 8 nitrogen and oxygen atoms in total. The number of nitrogens with one attached hydrogen (secondary N) is 1. The van der Waals surface area contributed by atoms with E-state index in [1.54, 1.807) is 24.3 Å². The van der Waals surface area contributed by atoms with Gasteiger partial charge in [-0.3, -0.25) is 20.0 Å². The van der Waals surface area contributed by atoms with E-state index in [2.05, 4.69) is 5.09 Å². The summed E-state index contributed by atoms with van der Waals surface area (Å²) in [6, 6.07) is 14.5. The van der Waals surface area contributed by atoms with Crippen molar-refractivity contribution in [2.45, 2.75) is 27.2 Å². The van der Waals surface area contributed by atoms with E-state index in [1.807, 2.05) is 26.8 Å². The first-order valence-corrected chi connectivity index (χ1v) is 9.93. The number of phenols is 1. The van der Waals surface area contributed by atoms with Crippen LogP contribution in [0.4, 0.5) is 5.69 Å². The van der Waals surface area contributed by atoms with E-state index >= 15 is 0 Å². The van der Waals surface area contributed by atoms with Crippen LogP contribution < -0.4 is 9.61 Å². The van der Waals surface area contributed by atoms with Gasteiger partial charge in [0.2, 0.25) is 0 Å². The molecule has 158 valence electrons. The van der Waals surface area contributed by atoms with E-state index in [0.29, 0.717) is 18.1 Å². The molecule has 0 radical (unpaired) electrons. The highest BCUT2D eigenvalue weighted by Gasteiger charge is 2.17. The molecule has 2 rings (SSSR count). The molecular weight excluding hydrogens is 395 g/mol. The molecule has 0 spiro atoms. The van der Waals surface area contributed by atoms with Gasteiger partial charge in [-0.2, -0.15) is 0 Å². The first kappa shape index (κ1) is 24.3. The number of ether oxygens (including phenoxy) is 1. The van der Waals surface area contributed by atoms with Crippen molar-refractivity contribution in [2.75, 3.05) is 13.2 Å². The molecule has 0 fully saturated rings. The number of para-hydroxylation sites is 1. The van der Waals surface area contributed by atoms with Gasteiger partial charge in [-0.1, -0.05) is 39.0 Å². The topological polar surface area (TPSA) is 111 Å². The molecule has 0 bridgehead atoms. The zero-order valence-corrected chi connectivity index (χ0v) is 17.8.